The molecule has 0 radical (unpaired) electrons. The molecule has 0 aromatic carbocycles. The molecule has 0 amide bonds. The van der Waals surface area contributed by atoms with Gasteiger partial charge in [-0.05, 0) is 18.6 Å². The molecule has 2 N–H and O–H groups in total. The average molecular weight is 172 g/mol. The van der Waals surface area contributed by atoms with Crippen LogP contribution in [0.15, 0.2) is 23.4 Å². The number of nitrogens with zero attached hydrogens (tertiary/aromatic N) is 1. The van der Waals surface area contributed by atoms with Crippen molar-refractivity contribution in [2.75, 3.05) is 0 Å². The first kappa shape index (κ1) is 8.32. The fraction of sp³-hybridized carbons (Fsp3) is 0.167. The maximum absolute atomic E-state index is 11.0. The third-order valence-electron chi connectivity index (χ3n) is 1.26. The normalized spacial score (nSPS) is 12.9. The summed E-state index contributed by atoms with van der Waals surface area (Å²) in [6.45, 7) is 1.81. The zero-order chi connectivity index (χ0) is 8.27. The van der Waals surface area contributed by atoms with E-state index in [0.29, 0.717) is 4.90 Å². The van der Waals surface area contributed by atoms with E-state index in [4.69, 9.17) is 5.90 Å². The first-order valence-corrected chi connectivity index (χ1v) is 4.03. The van der Waals surface area contributed by atoms with Crippen LogP contribution in [0.5, 0.6) is 0 Å². The molecule has 1 heterocycles. The molecule has 11 heavy (non-hydrogen) atoms. The van der Waals surface area contributed by atoms with Gasteiger partial charge in [0.1, 0.15) is 0 Å². The molecule has 1 rings (SSSR count). The minimum absolute atomic E-state index is 0.509. The van der Waals surface area contributed by atoms with Crippen LogP contribution < -0.4 is 5.90 Å². The standard InChI is InChI=1S/C6H8N2O2S/c1-5-2-3-8-4-6(5)11(9)10-7/h2-4H,7H2,1H3. The number of aryl methyl sites for hydroxylation is 1. The molecule has 5 heteroatoms. The Morgan fingerprint density at radius 3 is 3.00 bits per heavy atom. The maximum atomic E-state index is 11.0. The number of hydrogen-bond donors (Lipinski definition) is 1. The van der Waals surface area contributed by atoms with Gasteiger partial charge in [-0.1, -0.05) is 0 Å². The number of pyridine rings is 1. The van der Waals surface area contributed by atoms with Crippen molar-refractivity contribution in [1.82, 2.24) is 4.98 Å². The fourth-order valence-corrected chi connectivity index (χ4v) is 1.26. The summed E-state index contributed by atoms with van der Waals surface area (Å²) in [5, 5.41) is 0. The number of nitrogens with two attached hydrogens (primary N) is 1. The van der Waals surface area contributed by atoms with Crippen molar-refractivity contribution in [1.29, 1.82) is 0 Å². The van der Waals surface area contributed by atoms with Gasteiger partial charge in [-0.15, -0.1) is 0 Å². The minimum Gasteiger partial charge on any atom is -0.263 e. The molecule has 1 atom stereocenters. The van der Waals surface area contributed by atoms with E-state index >= 15 is 0 Å². The molecule has 0 aliphatic heterocycles. The molecule has 60 valence electrons. The highest BCUT2D eigenvalue weighted by molar-refractivity contribution is 7.80. The van der Waals surface area contributed by atoms with Crippen molar-refractivity contribution < 1.29 is 8.49 Å². The van der Waals surface area contributed by atoms with Gasteiger partial charge in [-0.3, -0.25) is 4.98 Å². The largest absolute Gasteiger partial charge is 0.263 e. The molecular weight excluding hydrogens is 164 g/mol. The lowest BCUT2D eigenvalue weighted by Crippen LogP contribution is -2.05. The molecule has 0 bridgehead atoms. The summed E-state index contributed by atoms with van der Waals surface area (Å²) in [5.74, 6) is 4.75. The Hall–Kier alpha value is -0.780. The molecule has 1 aromatic heterocycles. The van der Waals surface area contributed by atoms with E-state index in [9.17, 15) is 4.21 Å². The van der Waals surface area contributed by atoms with Crippen LogP contribution in [0.2, 0.25) is 0 Å². The van der Waals surface area contributed by atoms with E-state index in [1.54, 1.807) is 12.3 Å². The predicted molar refractivity (Wildman–Crippen MR) is 40.7 cm³/mol. The first-order valence-electron chi connectivity index (χ1n) is 2.95. The lowest BCUT2D eigenvalue weighted by Gasteiger charge is -1.99. The van der Waals surface area contributed by atoms with Gasteiger partial charge < -0.3 is 0 Å². The number of rotatable bonds is 2. The maximum Gasteiger partial charge on any atom is 0.208 e. The van der Waals surface area contributed by atoms with Crippen molar-refractivity contribution in [3.05, 3.63) is 24.0 Å². The Balaban J connectivity index is 3.03. The van der Waals surface area contributed by atoms with Crippen molar-refractivity contribution in [2.24, 2.45) is 5.90 Å². The molecule has 0 saturated heterocycles. The van der Waals surface area contributed by atoms with Gasteiger partial charge in [0.05, 0.1) is 4.90 Å². The van der Waals surface area contributed by atoms with Gasteiger partial charge in [0.25, 0.3) is 0 Å². The van der Waals surface area contributed by atoms with Crippen LogP contribution in [-0.2, 0) is 15.4 Å². The van der Waals surface area contributed by atoms with E-state index in [1.165, 1.54) is 6.20 Å². The van der Waals surface area contributed by atoms with Gasteiger partial charge in [0.15, 0.2) is 0 Å². The second-order valence-corrected chi connectivity index (χ2v) is 3.07. The number of aromatic nitrogens is 1. The molecular formula is C6H8N2O2S. The van der Waals surface area contributed by atoms with Gasteiger partial charge in [-0.25, -0.2) is 4.21 Å². The molecule has 0 fully saturated rings. The highest BCUT2D eigenvalue weighted by Crippen LogP contribution is 2.09. The molecule has 0 saturated carbocycles. The molecule has 0 spiro atoms. The van der Waals surface area contributed by atoms with Crippen LogP contribution in [0.3, 0.4) is 0 Å². The summed E-state index contributed by atoms with van der Waals surface area (Å²) in [6, 6.07) is 1.74. The van der Waals surface area contributed by atoms with Crippen LogP contribution in [0, 0.1) is 6.92 Å². The summed E-state index contributed by atoms with van der Waals surface area (Å²) in [5.41, 5.74) is 0.851. The number of hydrogen-bond acceptors (Lipinski definition) is 4. The van der Waals surface area contributed by atoms with Crippen LogP contribution in [0.4, 0.5) is 0 Å². The monoisotopic (exact) mass is 172 g/mol. The zero-order valence-electron chi connectivity index (χ0n) is 5.98. The van der Waals surface area contributed by atoms with Crippen molar-refractivity contribution in [3.8, 4) is 0 Å². The van der Waals surface area contributed by atoms with E-state index in [0.717, 1.165) is 5.56 Å². The Labute approximate surface area is 67.0 Å². The van der Waals surface area contributed by atoms with Gasteiger partial charge >= 0.3 is 0 Å². The highest BCUT2D eigenvalue weighted by Gasteiger charge is 2.05. The highest BCUT2D eigenvalue weighted by atomic mass is 32.2. The SMILES string of the molecule is Cc1ccncc1S(=O)ON. The summed E-state index contributed by atoms with van der Waals surface area (Å²) in [7, 11) is 0. The quantitative estimate of drug-likeness (QED) is 0.652. The molecule has 0 aliphatic rings. The summed E-state index contributed by atoms with van der Waals surface area (Å²) >= 11 is -1.59. The lowest BCUT2D eigenvalue weighted by atomic mass is 10.3. The second-order valence-electron chi connectivity index (χ2n) is 1.97. The predicted octanol–water partition coefficient (Wildman–Crippen LogP) is 0.303. The molecule has 1 aromatic rings. The van der Waals surface area contributed by atoms with Gasteiger partial charge in [0.2, 0.25) is 11.1 Å². The van der Waals surface area contributed by atoms with Crippen LogP contribution >= 0.6 is 0 Å². The summed E-state index contributed by atoms with van der Waals surface area (Å²) in [4.78, 5) is 4.30. The lowest BCUT2D eigenvalue weighted by molar-refractivity contribution is 0.366. The zero-order valence-corrected chi connectivity index (χ0v) is 6.80. The van der Waals surface area contributed by atoms with Crippen LogP contribution in [0.25, 0.3) is 0 Å². The van der Waals surface area contributed by atoms with Crippen molar-refractivity contribution >= 4 is 11.1 Å². The van der Waals surface area contributed by atoms with Crippen LogP contribution in [-0.4, -0.2) is 9.19 Å². The first-order chi connectivity index (χ1) is 5.25. The van der Waals surface area contributed by atoms with Gasteiger partial charge in [-0.2, -0.15) is 10.2 Å². The molecule has 0 aliphatic carbocycles. The topological polar surface area (TPSA) is 65.2 Å². The van der Waals surface area contributed by atoms with Crippen LogP contribution in [0.1, 0.15) is 5.56 Å². The third-order valence-corrected chi connectivity index (χ3v) is 2.22. The van der Waals surface area contributed by atoms with Gasteiger partial charge in [0, 0.05) is 12.4 Å². The Morgan fingerprint density at radius 1 is 1.73 bits per heavy atom. The van der Waals surface area contributed by atoms with E-state index < -0.39 is 11.1 Å². The third kappa shape index (κ3) is 1.83. The molecule has 1 unspecified atom stereocenters. The van der Waals surface area contributed by atoms with E-state index in [1.807, 2.05) is 6.92 Å². The summed E-state index contributed by atoms with van der Waals surface area (Å²) in [6.07, 6.45) is 3.09. The molecule has 4 nitrogen and oxygen atoms in total. The Morgan fingerprint density at radius 2 is 2.45 bits per heavy atom. The Kier molecular flexibility index (Phi) is 2.70. The smallest absolute Gasteiger partial charge is 0.208 e. The van der Waals surface area contributed by atoms with Crippen molar-refractivity contribution in [3.63, 3.8) is 0 Å². The second kappa shape index (κ2) is 3.56. The Bertz CT molecular complexity index is 277. The minimum atomic E-state index is -1.59. The van der Waals surface area contributed by atoms with Crippen molar-refractivity contribution in [2.45, 2.75) is 11.8 Å². The van der Waals surface area contributed by atoms with E-state index in [-0.39, 0.29) is 0 Å². The average Bonchev–Trinajstić information content (AvgIpc) is 2.04. The summed E-state index contributed by atoms with van der Waals surface area (Å²) < 4.78 is 15.1. The fourth-order valence-electron chi connectivity index (χ4n) is 0.676. The van der Waals surface area contributed by atoms with E-state index in [2.05, 4.69) is 9.27 Å².